The zero-order valence-electron chi connectivity index (χ0n) is 18.3. The molecule has 2 aliphatic heterocycles. The fourth-order valence-corrected chi connectivity index (χ4v) is 4.71. The minimum Gasteiger partial charge on any atom is -0.497 e. The zero-order chi connectivity index (χ0) is 22.2. The number of benzene rings is 2. The standard InChI is InChI=1S/C25H27N3O4/c1-27-10-3-4-19-17(12-16-5-7-18(31-2)8-6-16)13-20-23(24(19)27)26-15-28(25(20)30)21-9-11-32-14-22(21)29/h3-8,13,15,21-22,29H,9-12,14H2,1-2H3/t21-,22-/m0/s1. The van der Waals surface area contributed by atoms with Gasteiger partial charge in [0.25, 0.3) is 5.56 Å². The number of rotatable bonds is 4. The Morgan fingerprint density at radius 1 is 1.28 bits per heavy atom. The number of aliphatic hydroxyl groups is 1. The van der Waals surface area contributed by atoms with Gasteiger partial charge in [-0.25, -0.2) is 4.98 Å². The van der Waals surface area contributed by atoms with Gasteiger partial charge in [0.2, 0.25) is 0 Å². The molecule has 1 fully saturated rings. The summed E-state index contributed by atoms with van der Waals surface area (Å²) in [6.07, 6.45) is 6.39. The summed E-state index contributed by atoms with van der Waals surface area (Å²) in [7, 11) is 3.68. The first-order chi connectivity index (χ1) is 15.6. The summed E-state index contributed by atoms with van der Waals surface area (Å²) in [6.45, 7) is 1.51. The van der Waals surface area contributed by atoms with Crippen molar-refractivity contribution in [3.63, 3.8) is 0 Å². The molecule has 1 aromatic heterocycles. The van der Waals surface area contributed by atoms with Crippen LogP contribution in [-0.2, 0) is 11.2 Å². The Balaban J connectivity index is 1.66. The molecule has 3 heterocycles. The second-order valence-corrected chi connectivity index (χ2v) is 8.46. The molecule has 1 saturated heterocycles. The molecule has 0 radical (unpaired) electrons. The number of likely N-dealkylation sites (N-methyl/N-ethyl adjacent to an activating group) is 1. The van der Waals surface area contributed by atoms with E-state index in [9.17, 15) is 9.90 Å². The average Bonchev–Trinajstić information content (AvgIpc) is 2.81. The first-order valence-electron chi connectivity index (χ1n) is 10.9. The van der Waals surface area contributed by atoms with Crippen LogP contribution in [0.5, 0.6) is 5.75 Å². The van der Waals surface area contributed by atoms with Crippen molar-refractivity contribution in [2.24, 2.45) is 0 Å². The lowest BCUT2D eigenvalue weighted by Gasteiger charge is -2.30. The highest BCUT2D eigenvalue weighted by Crippen LogP contribution is 2.35. The van der Waals surface area contributed by atoms with E-state index in [1.165, 1.54) is 0 Å². The van der Waals surface area contributed by atoms with E-state index in [1.807, 2.05) is 37.4 Å². The molecule has 2 aliphatic rings. The van der Waals surface area contributed by atoms with Crippen LogP contribution in [0.4, 0.5) is 5.69 Å². The van der Waals surface area contributed by atoms with E-state index in [2.05, 4.69) is 17.1 Å². The molecular weight excluding hydrogens is 406 g/mol. The van der Waals surface area contributed by atoms with Crippen molar-refractivity contribution < 1.29 is 14.6 Å². The Labute approximate surface area is 186 Å². The largest absolute Gasteiger partial charge is 0.497 e. The van der Waals surface area contributed by atoms with Crippen molar-refractivity contribution in [2.45, 2.75) is 25.0 Å². The molecule has 0 spiro atoms. The monoisotopic (exact) mass is 433 g/mol. The highest BCUT2D eigenvalue weighted by molar-refractivity contribution is 5.97. The van der Waals surface area contributed by atoms with Crippen LogP contribution in [0.1, 0.15) is 29.2 Å². The molecule has 0 amide bonds. The first kappa shape index (κ1) is 20.7. The van der Waals surface area contributed by atoms with Crippen LogP contribution in [0.2, 0.25) is 0 Å². The first-order valence-corrected chi connectivity index (χ1v) is 10.9. The fraction of sp³-hybridized carbons (Fsp3) is 0.360. The molecule has 2 atom stereocenters. The minimum absolute atomic E-state index is 0.123. The predicted octanol–water partition coefficient (Wildman–Crippen LogP) is 2.78. The molecule has 32 heavy (non-hydrogen) atoms. The lowest BCUT2D eigenvalue weighted by Crippen LogP contribution is -2.39. The topological polar surface area (TPSA) is 76.8 Å². The van der Waals surface area contributed by atoms with Gasteiger partial charge >= 0.3 is 0 Å². The van der Waals surface area contributed by atoms with Gasteiger partial charge in [0.05, 0.1) is 43.3 Å². The number of fused-ring (bicyclic) bond motifs is 3. The third-order valence-corrected chi connectivity index (χ3v) is 6.42. The Morgan fingerprint density at radius 2 is 2.09 bits per heavy atom. The maximum absolute atomic E-state index is 13.6. The van der Waals surface area contributed by atoms with Crippen LogP contribution in [0.3, 0.4) is 0 Å². The Kier molecular flexibility index (Phi) is 5.45. The number of ether oxygens (including phenoxy) is 2. The van der Waals surface area contributed by atoms with Crippen LogP contribution >= 0.6 is 0 Å². The molecule has 0 bridgehead atoms. The van der Waals surface area contributed by atoms with E-state index in [0.29, 0.717) is 30.4 Å². The summed E-state index contributed by atoms with van der Waals surface area (Å²) >= 11 is 0. The van der Waals surface area contributed by atoms with Gasteiger partial charge < -0.3 is 19.5 Å². The van der Waals surface area contributed by atoms with Crippen LogP contribution in [0.25, 0.3) is 17.0 Å². The number of aliphatic hydroxyl groups excluding tert-OH is 1. The van der Waals surface area contributed by atoms with Crippen molar-refractivity contribution in [3.8, 4) is 5.75 Å². The van der Waals surface area contributed by atoms with E-state index in [-0.39, 0.29) is 18.2 Å². The SMILES string of the molecule is COc1ccc(Cc2cc3c(=O)n([C@H]4CCOC[C@@H]4O)cnc3c3c2C=CCN3C)cc1. The van der Waals surface area contributed by atoms with Crippen molar-refractivity contribution in [2.75, 3.05) is 38.8 Å². The summed E-state index contributed by atoms with van der Waals surface area (Å²) in [5.41, 5.74) is 4.86. The Bertz CT molecular complexity index is 1230. The summed E-state index contributed by atoms with van der Waals surface area (Å²) in [5.74, 6) is 0.816. The summed E-state index contributed by atoms with van der Waals surface area (Å²) in [5, 5.41) is 11.0. The van der Waals surface area contributed by atoms with E-state index < -0.39 is 6.10 Å². The van der Waals surface area contributed by atoms with E-state index in [0.717, 1.165) is 34.7 Å². The smallest absolute Gasteiger partial charge is 0.261 e. The molecule has 7 heteroatoms. The molecule has 0 unspecified atom stereocenters. The number of hydrogen-bond acceptors (Lipinski definition) is 6. The van der Waals surface area contributed by atoms with E-state index in [1.54, 1.807) is 18.0 Å². The fourth-order valence-electron chi connectivity index (χ4n) is 4.71. The van der Waals surface area contributed by atoms with Crippen LogP contribution in [-0.4, -0.2) is 54.7 Å². The van der Waals surface area contributed by atoms with Gasteiger partial charge in [0.15, 0.2) is 0 Å². The van der Waals surface area contributed by atoms with Gasteiger partial charge in [-0.15, -0.1) is 0 Å². The van der Waals surface area contributed by atoms with Crippen LogP contribution in [0, 0.1) is 0 Å². The minimum atomic E-state index is -0.720. The summed E-state index contributed by atoms with van der Waals surface area (Å²) in [4.78, 5) is 20.4. The highest BCUT2D eigenvalue weighted by atomic mass is 16.5. The highest BCUT2D eigenvalue weighted by Gasteiger charge is 2.28. The number of aromatic nitrogens is 2. The zero-order valence-corrected chi connectivity index (χ0v) is 18.3. The second-order valence-electron chi connectivity index (χ2n) is 8.46. The molecule has 0 saturated carbocycles. The summed E-state index contributed by atoms with van der Waals surface area (Å²) < 4.78 is 12.2. The van der Waals surface area contributed by atoms with Gasteiger partial charge in [-0.3, -0.25) is 9.36 Å². The maximum Gasteiger partial charge on any atom is 0.261 e. The third kappa shape index (κ3) is 3.57. The van der Waals surface area contributed by atoms with E-state index >= 15 is 0 Å². The molecule has 2 aromatic carbocycles. The van der Waals surface area contributed by atoms with Gasteiger partial charge in [-0.1, -0.05) is 24.3 Å². The number of nitrogens with zero attached hydrogens (tertiary/aromatic N) is 3. The molecule has 166 valence electrons. The molecule has 1 N–H and O–H groups in total. The Hall–Kier alpha value is -3.16. The quantitative estimate of drug-likeness (QED) is 0.682. The molecule has 5 rings (SSSR count). The lowest BCUT2D eigenvalue weighted by molar-refractivity contribution is -0.0395. The number of anilines is 1. The molecule has 3 aromatic rings. The van der Waals surface area contributed by atoms with Crippen molar-refractivity contribution in [1.29, 1.82) is 0 Å². The molecule has 0 aliphatic carbocycles. The van der Waals surface area contributed by atoms with Crippen LogP contribution in [0.15, 0.2) is 47.5 Å². The van der Waals surface area contributed by atoms with Crippen LogP contribution < -0.4 is 15.2 Å². The van der Waals surface area contributed by atoms with Gasteiger partial charge in [0.1, 0.15) is 11.3 Å². The van der Waals surface area contributed by atoms with Crippen molar-refractivity contribution >= 4 is 22.7 Å². The summed E-state index contributed by atoms with van der Waals surface area (Å²) in [6, 6.07) is 9.64. The normalized spacial score (nSPS) is 20.4. The van der Waals surface area contributed by atoms with Gasteiger partial charge in [-0.2, -0.15) is 0 Å². The van der Waals surface area contributed by atoms with Crippen molar-refractivity contribution in [1.82, 2.24) is 9.55 Å². The lowest BCUT2D eigenvalue weighted by atomic mass is 9.93. The third-order valence-electron chi connectivity index (χ3n) is 6.42. The molecule has 7 nitrogen and oxygen atoms in total. The number of hydrogen-bond donors (Lipinski definition) is 1. The Morgan fingerprint density at radius 3 is 2.84 bits per heavy atom. The maximum atomic E-state index is 13.6. The van der Waals surface area contributed by atoms with Gasteiger partial charge in [-0.05, 0) is 42.2 Å². The second kappa shape index (κ2) is 8.41. The van der Waals surface area contributed by atoms with E-state index in [4.69, 9.17) is 14.5 Å². The van der Waals surface area contributed by atoms with Gasteiger partial charge in [0, 0.05) is 25.8 Å². The van der Waals surface area contributed by atoms with Crippen molar-refractivity contribution in [3.05, 3.63) is 69.8 Å². The average molecular weight is 434 g/mol. The number of methoxy groups -OCH3 is 1. The molecular formula is C25H27N3O4. The predicted molar refractivity (Wildman–Crippen MR) is 125 cm³/mol.